The molecule has 0 fully saturated rings. The predicted molar refractivity (Wildman–Crippen MR) is 82.4 cm³/mol. The van der Waals surface area contributed by atoms with E-state index < -0.39 is 0 Å². The van der Waals surface area contributed by atoms with Gasteiger partial charge in [-0.05, 0) is 40.7 Å². The Balaban J connectivity index is 2.06. The van der Waals surface area contributed by atoms with Crippen LogP contribution in [0.2, 0.25) is 0 Å². The average Bonchev–Trinajstić information content (AvgIpc) is 2.75. The van der Waals surface area contributed by atoms with E-state index in [-0.39, 0.29) is 5.84 Å². The van der Waals surface area contributed by atoms with Crippen molar-refractivity contribution in [1.29, 1.82) is 5.41 Å². The lowest BCUT2D eigenvalue weighted by Crippen LogP contribution is -2.21. The van der Waals surface area contributed by atoms with E-state index in [1.165, 1.54) is 4.88 Å². The maximum atomic E-state index is 7.54. The Morgan fingerprint density at radius 2 is 2.32 bits per heavy atom. The number of pyridine rings is 1. The fourth-order valence-electron chi connectivity index (χ4n) is 1.86. The molecular formula is C13H15BrN4S. The summed E-state index contributed by atoms with van der Waals surface area (Å²) in [5, 5.41) is 9.62. The highest BCUT2D eigenvalue weighted by Crippen LogP contribution is 2.21. The third kappa shape index (κ3) is 3.86. The highest BCUT2D eigenvalue weighted by atomic mass is 79.9. The zero-order chi connectivity index (χ0) is 13.8. The molecule has 0 aliphatic rings. The molecule has 2 aromatic rings. The Kier molecular flexibility index (Phi) is 4.68. The minimum absolute atomic E-state index is 0.0165. The van der Waals surface area contributed by atoms with Crippen molar-refractivity contribution in [3.05, 3.63) is 50.4 Å². The molecule has 100 valence electrons. The lowest BCUT2D eigenvalue weighted by molar-refractivity contribution is 0.321. The average molecular weight is 339 g/mol. The number of hydrogen-bond donors (Lipinski definition) is 2. The minimum Gasteiger partial charge on any atom is -0.382 e. The minimum atomic E-state index is 0.0165. The number of halogens is 1. The number of rotatable bonds is 5. The van der Waals surface area contributed by atoms with Gasteiger partial charge in [-0.2, -0.15) is 0 Å². The van der Waals surface area contributed by atoms with E-state index in [1.807, 2.05) is 19.2 Å². The standard InChI is InChI=1S/C13H15BrN4S/c1-18(7-11-5-10(14)8-19-11)6-9-3-2-4-17-12(9)13(15)16/h2-5,8H,6-7H2,1H3,(H3,15,16). The first-order chi connectivity index (χ1) is 9.06. The molecule has 3 N–H and O–H groups in total. The number of thiophene rings is 1. The van der Waals surface area contributed by atoms with Gasteiger partial charge in [0.05, 0.1) is 0 Å². The summed E-state index contributed by atoms with van der Waals surface area (Å²) in [5.41, 5.74) is 7.10. The van der Waals surface area contributed by atoms with Crippen LogP contribution < -0.4 is 5.73 Å². The molecule has 6 heteroatoms. The van der Waals surface area contributed by atoms with Crippen LogP contribution in [0, 0.1) is 5.41 Å². The number of amidine groups is 1. The van der Waals surface area contributed by atoms with Crippen molar-refractivity contribution in [3.63, 3.8) is 0 Å². The Morgan fingerprint density at radius 3 is 2.95 bits per heavy atom. The fraction of sp³-hybridized carbons (Fsp3) is 0.231. The van der Waals surface area contributed by atoms with Crippen LogP contribution in [0.1, 0.15) is 16.1 Å². The van der Waals surface area contributed by atoms with E-state index >= 15 is 0 Å². The molecule has 0 radical (unpaired) electrons. The van der Waals surface area contributed by atoms with Gasteiger partial charge in [-0.15, -0.1) is 11.3 Å². The maximum absolute atomic E-state index is 7.54. The second-order valence-electron chi connectivity index (χ2n) is 4.33. The number of aromatic nitrogens is 1. The first-order valence-corrected chi connectivity index (χ1v) is 7.43. The molecule has 0 unspecified atom stereocenters. The zero-order valence-corrected chi connectivity index (χ0v) is 13.0. The van der Waals surface area contributed by atoms with Crippen LogP contribution in [-0.2, 0) is 13.1 Å². The fourth-order valence-corrected chi connectivity index (χ4v) is 3.39. The predicted octanol–water partition coefficient (Wildman–Crippen LogP) is 2.82. The molecule has 0 bridgehead atoms. The second-order valence-corrected chi connectivity index (χ2v) is 6.24. The highest BCUT2D eigenvalue weighted by Gasteiger charge is 2.09. The van der Waals surface area contributed by atoms with E-state index in [0.29, 0.717) is 5.69 Å². The molecule has 2 heterocycles. The van der Waals surface area contributed by atoms with Crippen molar-refractivity contribution in [1.82, 2.24) is 9.88 Å². The lowest BCUT2D eigenvalue weighted by Gasteiger charge is -2.17. The number of hydrogen-bond acceptors (Lipinski definition) is 4. The number of nitrogen functional groups attached to an aromatic ring is 1. The summed E-state index contributed by atoms with van der Waals surface area (Å²) in [6.45, 7) is 1.58. The van der Waals surface area contributed by atoms with E-state index in [9.17, 15) is 0 Å². The summed E-state index contributed by atoms with van der Waals surface area (Å²) in [6.07, 6.45) is 1.66. The van der Waals surface area contributed by atoms with Gasteiger partial charge in [-0.25, -0.2) is 0 Å². The normalized spacial score (nSPS) is 10.9. The summed E-state index contributed by atoms with van der Waals surface area (Å²) in [5.74, 6) is 0.0165. The lowest BCUT2D eigenvalue weighted by atomic mass is 10.1. The van der Waals surface area contributed by atoms with Crippen LogP contribution in [-0.4, -0.2) is 22.8 Å². The Morgan fingerprint density at radius 1 is 1.53 bits per heavy atom. The van der Waals surface area contributed by atoms with Crippen LogP contribution in [0.3, 0.4) is 0 Å². The van der Waals surface area contributed by atoms with Gasteiger partial charge >= 0.3 is 0 Å². The number of nitrogens with zero attached hydrogens (tertiary/aromatic N) is 2. The molecule has 4 nitrogen and oxygen atoms in total. The van der Waals surface area contributed by atoms with Crippen LogP contribution in [0.5, 0.6) is 0 Å². The zero-order valence-electron chi connectivity index (χ0n) is 10.6. The highest BCUT2D eigenvalue weighted by molar-refractivity contribution is 9.10. The molecule has 0 aliphatic carbocycles. The van der Waals surface area contributed by atoms with Crippen molar-refractivity contribution in [3.8, 4) is 0 Å². The van der Waals surface area contributed by atoms with Gasteiger partial charge in [0.2, 0.25) is 0 Å². The molecule has 19 heavy (non-hydrogen) atoms. The van der Waals surface area contributed by atoms with Crippen molar-refractivity contribution in [2.24, 2.45) is 5.73 Å². The first-order valence-electron chi connectivity index (χ1n) is 5.76. The summed E-state index contributed by atoms with van der Waals surface area (Å²) in [4.78, 5) is 7.64. The molecule has 0 aliphatic heterocycles. The van der Waals surface area contributed by atoms with Crippen molar-refractivity contribution in [2.75, 3.05) is 7.05 Å². The molecule has 0 saturated heterocycles. The maximum Gasteiger partial charge on any atom is 0.142 e. The summed E-state index contributed by atoms with van der Waals surface area (Å²) in [7, 11) is 2.05. The van der Waals surface area contributed by atoms with Crippen LogP contribution in [0.15, 0.2) is 34.2 Å². The monoisotopic (exact) mass is 338 g/mol. The van der Waals surface area contributed by atoms with Gasteiger partial charge in [-0.1, -0.05) is 6.07 Å². The Bertz CT molecular complexity index is 582. The number of nitrogens with one attached hydrogen (secondary N) is 1. The third-order valence-corrected chi connectivity index (χ3v) is 4.32. The largest absolute Gasteiger partial charge is 0.382 e. The van der Waals surface area contributed by atoms with Crippen molar-refractivity contribution in [2.45, 2.75) is 13.1 Å². The van der Waals surface area contributed by atoms with Crippen molar-refractivity contribution >= 4 is 33.1 Å². The second kappa shape index (κ2) is 6.27. The summed E-state index contributed by atoms with van der Waals surface area (Å²) >= 11 is 5.18. The van der Waals surface area contributed by atoms with Gasteiger partial charge in [0.25, 0.3) is 0 Å². The van der Waals surface area contributed by atoms with Crippen LogP contribution >= 0.6 is 27.3 Å². The van der Waals surface area contributed by atoms with Crippen LogP contribution in [0.4, 0.5) is 0 Å². The van der Waals surface area contributed by atoms with E-state index in [0.717, 1.165) is 23.1 Å². The Hall–Kier alpha value is -1.24. The smallest absolute Gasteiger partial charge is 0.142 e. The van der Waals surface area contributed by atoms with Gasteiger partial charge in [0.1, 0.15) is 11.5 Å². The van der Waals surface area contributed by atoms with E-state index in [1.54, 1.807) is 17.5 Å². The number of nitrogens with two attached hydrogens (primary N) is 1. The molecule has 0 aromatic carbocycles. The van der Waals surface area contributed by atoms with Gasteiger partial charge in [-0.3, -0.25) is 15.3 Å². The summed E-state index contributed by atoms with van der Waals surface area (Å²) in [6, 6.07) is 5.96. The van der Waals surface area contributed by atoms with Crippen molar-refractivity contribution < 1.29 is 0 Å². The summed E-state index contributed by atoms with van der Waals surface area (Å²) < 4.78 is 1.12. The molecule has 2 aromatic heterocycles. The van der Waals surface area contributed by atoms with E-state index in [4.69, 9.17) is 11.1 Å². The van der Waals surface area contributed by atoms with E-state index in [2.05, 4.69) is 37.3 Å². The third-order valence-electron chi connectivity index (χ3n) is 2.63. The van der Waals surface area contributed by atoms with Gasteiger partial charge in [0, 0.05) is 34.0 Å². The molecule has 2 rings (SSSR count). The van der Waals surface area contributed by atoms with Gasteiger partial charge in [0.15, 0.2) is 0 Å². The molecule has 0 atom stereocenters. The molecule has 0 amide bonds. The molecule has 0 saturated carbocycles. The SMILES string of the molecule is CN(Cc1cc(Br)cs1)Cc1cccnc1C(=N)N. The molecular weight excluding hydrogens is 324 g/mol. The quantitative estimate of drug-likeness (QED) is 0.650. The topological polar surface area (TPSA) is 66.0 Å². The van der Waals surface area contributed by atoms with Gasteiger partial charge < -0.3 is 5.73 Å². The molecule has 0 spiro atoms. The Labute approximate surface area is 124 Å². The van der Waals surface area contributed by atoms with Crippen LogP contribution in [0.25, 0.3) is 0 Å². The first kappa shape index (κ1) is 14.2.